The lowest BCUT2D eigenvalue weighted by atomic mass is 10.0. The van der Waals surface area contributed by atoms with Crippen LogP contribution in [0.1, 0.15) is 110 Å². The van der Waals surface area contributed by atoms with Gasteiger partial charge in [-0.15, -0.1) is 0 Å². The number of hydrogen-bond acceptors (Lipinski definition) is 3. The third kappa shape index (κ3) is 23.9. The zero-order chi connectivity index (χ0) is 18.3. The summed E-state index contributed by atoms with van der Waals surface area (Å²) in [6.45, 7) is 5.61. The van der Waals surface area contributed by atoms with Crippen LogP contribution in [0.5, 0.6) is 0 Å². The molecule has 1 N–H and O–H groups in total. The Morgan fingerprint density at radius 3 is 1.24 bits per heavy atom. The summed E-state index contributed by atoms with van der Waals surface area (Å²) in [5, 5.41) is 8.62. The topological polar surface area (TPSA) is 38.7 Å². The molecule has 152 valence electrons. The van der Waals surface area contributed by atoms with Crippen molar-refractivity contribution < 1.29 is 14.6 Å². The van der Waals surface area contributed by atoms with E-state index in [0.29, 0.717) is 6.61 Å². The van der Waals surface area contributed by atoms with E-state index in [1.54, 1.807) is 0 Å². The minimum Gasteiger partial charge on any atom is -0.396 e. The molecule has 0 aliphatic heterocycles. The van der Waals surface area contributed by atoms with Gasteiger partial charge in [-0.1, -0.05) is 90.4 Å². The predicted octanol–water partition coefficient (Wildman–Crippen LogP) is 6.27. The maximum atomic E-state index is 8.62. The minimum absolute atomic E-state index is 0.218. The van der Waals surface area contributed by atoms with Crippen molar-refractivity contribution in [1.29, 1.82) is 0 Å². The summed E-state index contributed by atoms with van der Waals surface area (Å²) >= 11 is 0. The highest BCUT2D eigenvalue weighted by atomic mass is 16.5. The average Bonchev–Trinajstić information content (AvgIpc) is 2.63. The van der Waals surface area contributed by atoms with Crippen LogP contribution >= 0.6 is 0 Å². The Hall–Kier alpha value is -0.120. The molecule has 0 aromatic rings. The summed E-state index contributed by atoms with van der Waals surface area (Å²) in [4.78, 5) is 0. The Morgan fingerprint density at radius 1 is 0.440 bits per heavy atom. The van der Waals surface area contributed by atoms with Gasteiger partial charge < -0.3 is 14.6 Å². The zero-order valence-electron chi connectivity index (χ0n) is 17.1. The van der Waals surface area contributed by atoms with E-state index in [2.05, 4.69) is 6.92 Å². The first-order valence-corrected chi connectivity index (χ1v) is 11.2. The van der Waals surface area contributed by atoms with Gasteiger partial charge in [-0.3, -0.25) is 0 Å². The van der Waals surface area contributed by atoms with Gasteiger partial charge in [-0.2, -0.15) is 0 Å². The van der Waals surface area contributed by atoms with Crippen molar-refractivity contribution in [2.24, 2.45) is 0 Å². The molecule has 0 fully saturated rings. The van der Waals surface area contributed by atoms with Gasteiger partial charge in [0.1, 0.15) is 0 Å². The number of ether oxygens (including phenoxy) is 2. The molecule has 0 bridgehead atoms. The second-order valence-electron chi connectivity index (χ2n) is 7.25. The molecule has 0 unspecified atom stereocenters. The summed E-state index contributed by atoms with van der Waals surface area (Å²) in [5.74, 6) is 0. The van der Waals surface area contributed by atoms with Gasteiger partial charge >= 0.3 is 0 Å². The molecule has 3 heteroatoms. The fraction of sp³-hybridized carbons (Fsp3) is 1.00. The molecule has 0 amide bonds. The molecular weight excluding hydrogens is 312 g/mol. The van der Waals surface area contributed by atoms with Crippen LogP contribution in [0.15, 0.2) is 0 Å². The predicted molar refractivity (Wildman–Crippen MR) is 108 cm³/mol. The lowest BCUT2D eigenvalue weighted by Gasteiger charge is -2.05. The summed E-state index contributed by atoms with van der Waals surface area (Å²) in [5.41, 5.74) is 0. The van der Waals surface area contributed by atoms with Gasteiger partial charge in [0.05, 0.1) is 0 Å². The largest absolute Gasteiger partial charge is 0.396 e. The molecule has 0 rings (SSSR count). The molecule has 0 atom stereocenters. The summed E-state index contributed by atoms with van der Waals surface area (Å²) in [6, 6.07) is 0. The van der Waals surface area contributed by atoms with Crippen LogP contribution in [-0.2, 0) is 9.47 Å². The maximum Gasteiger partial charge on any atom is 0.0488 e. The van der Waals surface area contributed by atoms with Crippen molar-refractivity contribution in [2.75, 3.05) is 33.0 Å². The Labute approximate surface area is 157 Å². The Kier molecular flexibility index (Phi) is 23.8. The first-order valence-electron chi connectivity index (χ1n) is 11.2. The van der Waals surface area contributed by atoms with E-state index in [0.717, 1.165) is 32.7 Å². The normalized spacial score (nSPS) is 11.3. The molecule has 0 saturated heterocycles. The van der Waals surface area contributed by atoms with Gasteiger partial charge in [-0.25, -0.2) is 0 Å². The maximum absolute atomic E-state index is 8.62. The molecule has 0 heterocycles. The monoisotopic (exact) mass is 358 g/mol. The third-order valence-electron chi connectivity index (χ3n) is 4.67. The van der Waals surface area contributed by atoms with E-state index in [1.807, 2.05) is 0 Å². The van der Waals surface area contributed by atoms with Crippen molar-refractivity contribution in [1.82, 2.24) is 0 Å². The van der Waals surface area contributed by atoms with E-state index >= 15 is 0 Å². The molecule has 0 aromatic carbocycles. The lowest BCUT2D eigenvalue weighted by Crippen LogP contribution is -2.04. The highest BCUT2D eigenvalue weighted by molar-refractivity contribution is 4.49. The highest BCUT2D eigenvalue weighted by Gasteiger charge is 1.95. The van der Waals surface area contributed by atoms with Crippen LogP contribution < -0.4 is 0 Å². The van der Waals surface area contributed by atoms with Crippen molar-refractivity contribution in [3.05, 3.63) is 0 Å². The molecule has 0 aromatic heterocycles. The fourth-order valence-electron chi connectivity index (χ4n) is 3.03. The number of unbranched alkanes of at least 4 members (excludes halogenated alkanes) is 13. The van der Waals surface area contributed by atoms with Gasteiger partial charge in [0.2, 0.25) is 0 Å². The highest BCUT2D eigenvalue weighted by Crippen LogP contribution is 2.12. The SMILES string of the molecule is CCCCCCCCCCCCCCCCOCCCOCCCO. The molecule has 3 nitrogen and oxygen atoms in total. The van der Waals surface area contributed by atoms with Crippen molar-refractivity contribution in [3.8, 4) is 0 Å². The van der Waals surface area contributed by atoms with Gasteiger partial charge in [0.25, 0.3) is 0 Å². The van der Waals surface area contributed by atoms with Crippen LogP contribution in [-0.4, -0.2) is 38.1 Å². The van der Waals surface area contributed by atoms with Gasteiger partial charge in [0, 0.05) is 33.0 Å². The molecule has 25 heavy (non-hydrogen) atoms. The first kappa shape index (κ1) is 24.9. The number of hydrogen-bond donors (Lipinski definition) is 1. The summed E-state index contributed by atoms with van der Waals surface area (Å²) < 4.78 is 11.0. The van der Waals surface area contributed by atoms with E-state index < -0.39 is 0 Å². The van der Waals surface area contributed by atoms with Gasteiger partial charge in [0.15, 0.2) is 0 Å². The average molecular weight is 359 g/mol. The van der Waals surface area contributed by atoms with E-state index in [9.17, 15) is 0 Å². The van der Waals surface area contributed by atoms with E-state index in [1.165, 1.54) is 89.9 Å². The van der Waals surface area contributed by atoms with E-state index in [-0.39, 0.29) is 6.61 Å². The second kappa shape index (κ2) is 23.9. The number of rotatable bonds is 22. The zero-order valence-corrected chi connectivity index (χ0v) is 17.1. The first-order chi connectivity index (χ1) is 12.4. The standard InChI is InChI=1S/C22H46O3/c1-2-3-4-5-6-7-8-9-10-11-12-13-14-15-19-24-21-17-22-25-20-16-18-23/h23H,2-22H2,1H3. The molecule has 0 saturated carbocycles. The smallest absolute Gasteiger partial charge is 0.0488 e. The van der Waals surface area contributed by atoms with Crippen molar-refractivity contribution in [2.45, 2.75) is 110 Å². The van der Waals surface area contributed by atoms with Crippen LogP contribution in [0.2, 0.25) is 0 Å². The summed E-state index contributed by atoms with van der Waals surface area (Å²) in [7, 11) is 0. The fourth-order valence-corrected chi connectivity index (χ4v) is 3.03. The molecule has 0 aliphatic carbocycles. The number of aliphatic hydroxyl groups is 1. The third-order valence-corrected chi connectivity index (χ3v) is 4.67. The van der Waals surface area contributed by atoms with Crippen molar-refractivity contribution in [3.63, 3.8) is 0 Å². The molecule has 0 aliphatic rings. The Balaban J connectivity index is 2.94. The molecular formula is C22H46O3. The Bertz CT molecular complexity index is 199. The van der Waals surface area contributed by atoms with Crippen LogP contribution in [0.4, 0.5) is 0 Å². The summed E-state index contributed by atoms with van der Waals surface area (Å²) in [6.07, 6.45) is 21.3. The molecule has 0 radical (unpaired) electrons. The quantitative estimate of drug-likeness (QED) is 0.232. The van der Waals surface area contributed by atoms with Crippen LogP contribution in [0.3, 0.4) is 0 Å². The van der Waals surface area contributed by atoms with Crippen molar-refractivity contribution >= 4 is 0 Å². The van der Waals surface area contributed by atoms with E-state index in [4.69, 9.17) is 14.6 Å². The Morgan fingerprint density at radius 2 is 0.800 bits per heavy atom. The van der Waals surface area contributed by atoms with Crippen LogP contribution in [0, 0.1) is 0 Å². The van der Waals surface area contributed by atoms with Gasteiger partial charge in [-0.05, 0) is 19.3 Å². The lowest BCUT2D eigenvalue weighted by molar-refractivity contribution is 0.0748. The number of aliphatic hydroxyl groups excluding tert-OH is 1. The molecule has 0 spiro atoms. The minimum atomic E-state index is 0.218. The van der Waals surface area contributed by atoms with Crippen LogP contribution in [0.25, 0.3) is 0 Å². The second-order valence-corrected chi connectivity index (χ2v) is 7.25.